The number of hydrogen-bond acceptors (Lipinski definition) is 7. The molecule has 176 valence electrons. The minimum Gasteiger partial charge on any atom is -0.508 e. The number of aromatic nitrogens is 1. The number of rotatable bonds is 4. The largest absolute Gasteiger partial charge is 0.508 e. The summed E-state index contributed by atoms with van der Waals surface area (Å²) in [6, 6.07) is 15.5. The summed E-state index contributed by atoms with van der Waals surface area (Å²) in [5.74, 6) is -0.210. The number of nitrogens with zero attached hydrogens (tertiary/aromatic N) is 3. The van der Waals surface area contributed by atoms with Crippen molar-refractivity contribution in [1.29, 1.82) is 0 Å². The van der Waals surface area contributed by atoms with E-state index in [0.29, 0.717) is 38.9 Å². The smallest absolute Gasteiger partial charge is 0.262 e. The van der Waals surface area contributed by atoms with Crippen LogP contribution in [0, 0.1) is 5.82 Å². The highest BCUT2D eigenvalue weighted by molar-refractivity contribution is 7.07. The first-order valence-electron chi connectivity index (χ1n) is 10.5. The van der Waals surface area contributed by atoms with Crippen LogP contribution in [0.25, 0.3) is 11.3 Å². The van der Waals surface area contributed by atoms with Crippen molar-refractivity contribution in [2.24, 2.45) is 10.1 Å². The monoisotopic (exact) mass is 490 g/mol. The van der Waals surface area contributed by atoms with Crippen LogP contribution in [0.3, 0.4) is 0 Å². The van der Waals surface area contributed by atoms with Crippen LogP contribution in [0.15, 0.2) is 76.1 Å². The van der Waals surface area contributed by atoms with Crippen molar-refractivity contribution in [2.75, 3.05) is 11.9 Å². The third-order valence-electron chi connectivity index (χ3n) is 5.27. The Hall–Kier alpha value is -4.44. The van der Waals surface area contributed by atoms with Gasteiger partial charge in [-0.05, 0) is 61.5 Å². The Labute approximate surface area is 202 Å². The Bertz CT molecular complexity index is 1540. The minimum atomic E-state index is -0.362. The van der Waals surface area contributed by atoms with E-state index in [0.717, 1.165) is 5.56 Å². The molecule has 0 fully saturated rings. The number of hydrogen-bond donors (Lipinski definition) is 3. The molecular formula is C25H19FN4O4S. The molecule has 0 bridgehead atoms. The molecule has 0 spiro atoms. The Morgan fingerprint density at radius 1 is 1.11 bits per heavy atom. The number of carbonyl (C=O) groups is 1. The number of thiazole rings is 1. The van der Waals surface area contributed by atoms with Crippen molar-refractivity contribution in [1.82, 2.24) is 4.68 Å². The lowest BCUT2D eigenvalue weighted by Gasteiger charge is -2.18. The average molecular weight is 491 g/mol. The van der Waals surface area contributed by atoms with Crippen LogP contribution >= 0.6 is 11.3 Å². The lowest BCUT2D eigenvalue weighted by atomic mass is 10.1. The van der Waals surface area contributed by atoms with Crippen molar-refractivity contribution < 1.29 is 24.1 Å². The highest BCUT2D eigenvalue weighted by Gasteiger charge is 2.18. The van der Waals surface area contributed by atoms with Crippen molar-refractivity contribution in [3.05, 3.63) is 82.2 Å². The van der Waals surface area contributed by atoms with Crippen molar-refractivity contribution in [3.8, 4) is 28.5 Å². The number of phenols is 2. The number of benzene rings is 3. The van der Waals surface area contributed by atoms with Gasteiger partial charge in [-0.25, -0.2) is 14.1 Å². The molecule has 1 aliphatic heterocycles. The molecule has 8 nitrogen and oxygen atoms in total. The van der Waals surface area contributed by atoms with E-state index in [9.17, 15) is 19.4 Å². The summed E-state index contributed by atoms with van der Waals surface area (Å²) >= 11 is 1.33. The van der Waals surface area contributed by atoms with E-state index < -0.39 is 0 Å². The van der Waals surface area contributed by atoms with Crippen LogP contribution in [0.4, 0.5) is 15.8 Å². The Morgan fingerprint density at radius 2 is 1.91 bits per heavy atom. The summed E-state index contributed by atoms with van der Waals surface area (Å²) in [5, 5.41) is 29.3. The molecule has 1 amide bonds. The number of nitrogens with one attached hydrogen (secondary N) is 1. The van der Waals surface area contributed by atoms with Crippen molar-refractivity contribution in [3.63, 3.8) is 0 Å². The van der Waals surface area contributed by atoms with Crippen LogP contribution in [-0.4, -0.2) is 33.1 Å². The zero-order chi connectivity index (χ0) is 24.5. The predicted octanol–water partition coefficient (Wildman–Crippen LogP) is 4.60. The van der Waals surface area contributed by atoms with E-state index in [1.165, 1.54) is 35.6 Å². The van der Waals surface area contributed by atoms with E-state index in [2.05, 4.69) is 10.3 Å². The van der Waals surface area contributed by atoms with Gasteiger partial charge in [0.15, 0.2) is 6.61 Å². The summed E-state index contributed by atoms with van der Waals surface area (Å²) in [6.07, 6.45) is 0. The van der Waals surface area contributed by atoms with Crippen LogP contribution < -0.4 is 14.9 Å². The molecule has 5 rings (SSSR count). The molecule has 1 aliphatic rings. The third kappa shape index (κ3) is 4.64. The zero-order valence-electron chi connectivity index (χ0n) is 18.4. The fourth-order valence-corrected chi connectivity index (χ4v) is 4.42. The van der Waals surface area contributed by atoms with E-state index in [1.807, 2.05) is 11.4 Å². The molecule has 0 aliphatic carbocycles. The predicted molar refractivity (Wildman–Crippen MR) is 131 cm³/mol. The Kier molecular flexibility index (Phi) is 5.79. The summed E-state index contributed by atoms with van der Waals surface area (Å²) in [4.78, 5) is 16.9. The number of carbonyl (C=O) groups excluding carboxylic acids is 1. The normalized spacial score (nSPS) is 13.8. The van der Waals surface area contributed by atoms with Crippen molar-refractivity contribution in [2.45, 2.75) is 6.92 Å². The van der Waals surface area contributed by atoms with Gasteiger partial charge < -0.3 is 20.3 Å². The van der Waals surface area contributed by atoms with Gasteiger partial charge in [0.1, 0.15) is 23.1 Å². The number of anilines is 1. The topological polar surface area (TPSA) is 108 Å². The van der Waals surface area contributed by atoms with Crippen LogP contribution in [0.2, 0.25) is 0 Å². The quantitative estimate of drug-likeness (QED) is 0.363. The van der Waals surface area contributed by atoms with Gasteiger partial charge in [-0.3, -0.25) is 4.79 Å². The zero-order valence-corrected chi connectivity index (χ0v) is 19.2. The standard InChI is InChI=1S/C25H19FN4O4S/c1-14(19-8-7-18(31)11-22(19)32)29-30-21(13-35-25(30)27-17-5-3-16(26)4-6-17)15-2-9-23-20(10-15)28-24(33)12-34-23/h2-11,13,31-32H,12H2,1H3,(H,28,33). The van der Waals surface area contributed by atoms with E-state index >= 15 is 0 Å². The fraction of sp³-hybridized carbons (Fsp3) is 0.0800. The Morgan fingerprint density at radius 3 is 2.69 bits per heavy atom. The van der Waals surface area contributed by atoms with E-state index in [-0.39, 0.29) is 29.8 Å². The molecular weight excluding hydrogens is 471 g/mol. The lowest BCUT2D eigenvalue weighted by molar-refractivity contribution is -0.118. The number of ether oxygens (including phenoxy) is 1. The van der Waals surface area contributed by atoms with Gasteiger partial charge in [0.2, 0.25) is 4.80 Å². The van der Waals surface area contributed by atoms with E-state index in [4.69, 9.17) is 9.84 Å². The SMILES string of the molecule is CC(=Nn1c(-c2ccc3c(c2)NC(=O)CO3)csc1=Nc1ccc(F)cc1)c1ccc(O)cc1O. The Balaban J connectivity index is 1.67. The maximum Gasteiger partial charge on any atom is 0.262 e. The second-order valence-electron chi connectivity index (χ2n) is 7.74. The maximum atomic E-state index is 13.4. The molecule has 0 unspecified atom stereocenters. The summed E-state index contributed by atoms with van der Waals surface area (Å²) < 4.78 is 20.4. The number of phenolic OH excluding ortho intramolecular Hbond substituents is 2. The van der Waals surface area contributed by atoms with Crippen LogP contribution in [0.5, 0.6) is 17.2 Å². The van der Waals surface area contributed by atoms with Gasteiger partial charge in [-0.1, -0.05) is 0 Å². The molecule has 3 aromatic carbocycles. The lowest BCUT2D eigenvalue weighted by Crippen LogP contribution is -2.25. The summed E-state index contributed by atoms with van der Waals surface area (Å²) in [5.41, 5.74) is 3.42. The third-order valence-corrected chi connectivity index (χ3v) is 6.08. The van der Waals surface area contributed by atoms with Gasteiger partial charge in [0.05, 0.1) is 22.8 Å². The first kappa shape index (κ1) is 22.4. The number of fused-ring (bicyclic) bond motifs is 1. The average Bonchev–Trinajstić information content (AvgIpc) is 3.21. The van der Waals surface area contributed by atoms with Gasteiger partial charge in [0, 0.05) is 22.6 Å². The van der Waals surface area contributed by atoms with Crippen LogP contribution in [0.1, 0.15) is 12.5 Å². The molecule has 4 aromatic rings. The van der Waals surface area contributed by atoms with Crippen LogP contribution in [-0.2, 0) is 4.79 Å². The minimum absolute atomic E-state index is 0.0366. The van der Waals surface area contributed by atoms with Crippen molar-refractivity contribution >= 4 is 34.3 Å². The first-order chi connectivity index (χ1) is 16.9. The second kappa shape index (κ2) is 9.07. The number of aromatic hydroxyl groups is 2. The number of halogens is 1. The van der Waals surface area contributed by atoms with E-state index in [1.54, 1.807) is 41.9 Å². The molecule has 2 heterocycles. The van der Waals surface area contributed by atoms with Gasteiger partial charge in [-0.15, -0.1) is 11.3 Å². The maximum absolute atomic E-state index is 13.4. The molecule has 35 heavy (non-hydrogen) atoms. The highest BCUT2D eigenvalue weighted by atomic mass is 32.1. The molecule has 10 heteroatoms. The number of amides is 1. The first-order valence-corrected chi connectivity index (χ1v) is 11.4. The fourth-order valence-electron chi connectivity index (χ4n) is 3.57. The molecule has 0 saturated heterocycles. The van der Waals surface area contributed by atoms with Gasteiger partial charge >= 0.3 is 0 Å². The molecule has 0 radical (unpaired) electrons. The summed E-state index contributed by atoms with van der Waals surface area (Å²) in [6.45, 7) is 1.69. The molecule has 1 aromatic heterocycles. The molecule has 3 N–H and O–H groups in total. The van der Waals surface area contributed by atoms with Gasteiger partial charge in [0.25, 0.3) is 5.91 Å². The molecule has 0 atom stereocenters. The second-order valence-corrected chi connectivity index (χ2v) is 8.57. The summed E-state index contributed by atoms with van der Waals surface area (Å²) in [7, 11) is 0. The highest BCUT2D eigenvalue weighted by Crippen LogP contribution is 2.33. The molecule has 0 saturated carbocycles. The van der Waals surface area contributed by atoms with Gasteiger partial charge in [-0.2, -0.15) is 5.10 Å².